The van der Waals surface area contributed by atoms with Crippen LogP contribution >= 0.6 is 22.9 Å². The van der Waals surface area contributed by atoms with E-state index in [1.165, 1.54) is 18.4 Å². The van der Waals surface area contributed by atoms with Crippen LogP contribution in [0.15, 0.2) is 53.4 Å². The Labute approximate surface area is 226 Å². The van der Waals surface area contributed by atoms with Crippen molar-refractivity contribution in [1.82, 2.24) is 14.9 Å². The molecule has 11 heteroatoms. The molecular formula is C26H31ClFN3O4S2. The Bertz CT molecular complexity index is 1330. The highest BCUT2D eigenvalue weighted by Gasteiger charge is 2.25. The van der Waals surface area contributed by atoms with Crippen molar-refractivity contribution < 1.29 is 22.4 Å². The normalized spacial score (nSPS) is 12.7. The number of benzene rings is 2. The van der Waals surface area contributed by atoms with E-state index in [0.29, 0.717) is 30.7 Å². The van der Waals surface area contributed by atoms with Gasteiger partial charge in [-0.25, -0.2) is 17.1 Å². The molecule has 7 nitrogen and oxygen atoms in total. The molecule has 0 spiro atoms. The van der Waals surface area contributed by atoms with Crippen LogP contribution in [0.3, 0.4) is 0 Å². The summed E-state index contributed by atoms with van der Waals surface area (Å²) in [5, 5.41) is 6.52. The number of thiophene rings is 1. The molecule has 37 heavy (non-hydrogen) atoms. The summed E-state index contributed by atoms with van der Waals surface area (Å²) in [6.07, 6.45) is 1.50. The standard InChI is InChI=1S/C26H31ClFN3O4S2/c1-17(2)14-21(30-26(33)23-15-18-8-4-5-9-22(18)36-23)25(32)29-12-6-7-13-31(3)37(34,35)24-11-10-19(28)16-20(24)27/h4-5,8-11,15-17,21H,6-7,12-14H2,1-3H3,(H,29,32)(H,30,33)/t21-/m0/s1. The van der Waals surface area contributed by atoms with E-state index in [0.717, 1.165) is 32.6 Å². The Balaban J connectivity index is 1.50. The fourth-order valence-corrected chi connectivity index (χ4v) is 6.47. The van der Waals surface area contributed by atoms with Gasteiger partial charge in [-0.05, 0) is 60.9 Å². The number of carbonyl (C=O) groups excluding carboxylic acids is 2. The third-order valence-corrected chi connectivity index (χ3v) is 9.21. The van der Waals surface area contributed by atoms with Crippen LogP contribution in [0.1, 0.15) is 42.8 Å². The number of hydrogen-bond acceptors (Lipinski definition) is 5. The van der Waals surface area contributed by atoms with Crippen molar-refractivity contribution >= 4 is 54.9 Å². The first-order valence-electron chi connectivity index (χ1n) is 12.0. The third kappa shape index (κ3) is 7.73. The quantitative estimate of drug-likeness (QED) is 0.299. The highest BCUT2D eigenvalue weighted by Crippen LogP contribution is 2.26. The highest BCUT2D eigenvalue weighted by molar-refractivity contribution is 7.89. The van der Waals surface area contributed by atoms with E-state index in [4.69, 9.17) is 11.6 Å². The number of hydrogen-bond donors (Lipinski definition) is 2. The molecule has 0 saturated carbocycles. The van der Waals surface area contributed by atoms with Gasteiger partial charge in [0.05, 0.1) is 9.90 Å². The van der Waals surface area contributed by atoms with Gasteiger partial charge >= 0.3 is 0 Å². The molecule has 0 aliphatic heterocycles. The van der Waals surface area contributed by atoms with Crippen molar-refractivity contribution in [3.05, 3.63) is 64.2 Å². The first kappa shape index (κ1) is 29.0. The van der Waals surface area contributed by atoms with E-state index in [1.807, 2.05) is 44.2 Å². The number of nitrogens with zero attached hydrogens (tertiary/aromatic N) is 1. The Hall–Kier alpha value is -2.53. The van der Waals surface area contributed by atoms with Crippen LogP contribution in [0.4, 0.5) is 4.39 Å². The highest BCUT2D eigenvalue weighted by atomic mass is 35.5. The summed E-state index contributed by atoms with van der Waals surface area (Å²) in [4.78, 5) is 26.1. The number of carbonyl (C=O) groups is 2. The molecule has 0 bridgehead atoms. The summed E-state index contributed by atoms with van der Waals surface area (Å²) in [5.41, 5.74) is 0. The number of rotatable bonds is 12. The van der Waals surface area contributed by atoms with Gasteiger partial charge in [0.25, 0.3) is 5.91 Å². The van der Waals surface area contributed by atoms with E-state index >= 15 is 0 Å². The number of nitrogens with one attached hydrogen (secondary N) is 2. The first-order chi connectivity index (χ1) is 17.5. The molecule has 0 saturated heterocycles. The molecule has 0 radical (unpaired) electrons. The van der Waals surface area contributed by atoms with Gasteiger partial charge < -0.3 is 10.6 Å². The lowest BCUT2D eigenvalue weighted by Gasteiger charge is -2.20. The number of fused-ring (bicyclic) bond motifs is 1. The van der Waals surface area contributed by atoms with E-state index in [9.17, 15) is 22.4 Å². The van der Waals surface area contributed by atoms with Crippen LogP contribution in [0.25, 0.3) is 10.1 Å². The maximum absolute atomic E-state index is 13.3. The molecule has 1 atom stereocenters. The van der Waals surface area contributed by atoms with E-state index in [1.54, 1.807) is 0 Å². The summed E-state index contributed by atoms with van der Waals surface area (Å²) >= 11 is 7.30. The fraction of sp³-hybridized carbons (Fsp3) is 0.385. The summed E-state index contributed by atoms with van der Waals surface area (Å²) in [6, 6.07) is 12.0. The van der Waals surface area contributed by atoms with E-state index < -0.39 is 21.9 Å². The van der Waals surface area contributed by atoms with Crippen molar-refractivity contribution in [2.45, 2.75) is 44.0 Å². The van der Waals surface area contributed by atoms with Crippen molar-refractivity contribution in [3.63, 3.8) is 0 Å². The predicted molar refractivity (Wildman–Crippen MR) is 146 cm³/mol. The monoisotopic (exact) mass is 567 g/mol. The average molecular weight is 568 g/mol. The van der Waals surface area contributed by atoms with Gasteiger partial charge in [-0.1, -0.05) is 43.6 Å². The van der Waals surface area contributed by atoms with Crippen LogP contribution < -0.4 is 10.6 Å². The van der Waals surface area contributed by atoms with Gasteiger partial charge in [-0.2, -0.15) is 0 Å². The molecule has 2 amide bonds. The maximum atomic E-state index is 13.3. The molecule has 1 heterocycles. The van der Waals surface area contributed by atoms with Gasteiger partial charge in [0.2, 0.25) is 15.9 Å². The molecule has 0 unspecified atom stereocenters. The maximum Gasteiger partial charge on any atom is 0.262 e. The zero-order chi connectivity index (χ0) is 27.2. The number of unbranched alkanes of at least 4 members (excludes halogenated alkanes) is 1. The zero-order valence-corrected chi connectivity index (χ0v) is 23.4. The second kappa shape index (κ2) is 12.8. The van der Waals surface area contributed by atoms with Crippen molar-refractivity contribution in [1.29, 1.82) is 0 Å². The Morgan fingerprint density at radius 2 is 1.84 bits per heavy atom. The van der Waals surface area contributed by atoms with E-state index in [2.05, 4.69) is 10.6 Å². The molecule has 3 aromatic rings. The molecule has 2 N–H and O–H groups in total. The summed E-state index contributed by atoms with van der Waals surface area (Å²) in [5.74, 6) is -0.982. The van der Waals surface area contributed by atoms with E-state index in [-0.39, 0.29) is 34.2 Å². The van der Waals surface area contributed by atoms with Gasteiger partial charge in [-0.3, -0.25) is 9.59 Å². The Morgan fingerprint density at radius 1 is 1.11 bits per heavy atom. The minimum Gasteiger partial charge on any atom is -0.354 e. The molecular weight excluding hydrogens is 537 g/mol. The molecule has 0 aliphatic rings. The van der Waals surface area contributed by atoms with Gasteiger partial charge in [-0.15, -0.1) is 11.3 Å². The van der Waals surface area contributed by atoms with Gasteiger partial charge in [0.1, 0.15) is 16.8 Å². The van der Waals surface area contributed by atoms with Crippen LogP contribution in [0.5, 0.6) is 0 Å². The molecule has 200 valence electrons. The van der Waals surface area contributed by atoms with Gasteiger partial charge in [0.15, 0.2) is 0 Å². The molecule has 3 rings (SSSR count). The molecule has 0 aliphatic carbocycles. The van der Waals surface area contributed by atoms with Crippen LogP contribution in [0, 0.1) is 11.7 Å². The largest absolute Gasteiger partial charge is 0.354 e. The Kier molecular flexibility index (Phi) is 10.1. The minimum atomic E-state index is -3.87. The van der Waals surface area contributed by atoms with Crippen LogP contribution in [0.2, 0.25) is 5.02 Å². The number of sulfonamides is 1. The van der Waals surface area contributed by atoms with Gasteiger partial charge in [0, 0.05) is 24.8 Å². The number of halogens is 2. The molecule has 0 fully saturated rings. The zero-order valence-electron chi connectivity index (χ0n) is 21.0. The van der Waals surface area contributed by atoms with Crippen molar-refractivity contribution in [2.75, 3.05) is 20.1 Å². The second-order valence-electron chi connectivity index (χ2n) is 9.20. The third-order valence-electron chi connectivity index (χ3n) is 5.76. The second-order valence-corrected chi connectivity index (χ2v) is 12.7. The first-order valence-corrected chi connectivity index (χ1v) is 14.6. The SMILES string of the molecule is CC(C)C[C@H](NC(=O)c1cc2ccccc2s1)C(=O)NCCCCN(C)S(=O)(=O)c1ccc(F)cc1Cl. The summed E-state index contributed by atoms with van der Waals surface area (Å²) < 4.78 is 40.9. The fourth-order valence-electron chi connectivity index (χ4n) is 3.79. The lowest BCUT2D eigenvalue weighted by atomic mass is 10.0. The predicted octanol–water partition coefficient (Wildman–Crippen LogP) is 5.06. The van der Waals surface area contributed by atoms with Crippen LogP contribution in [-0.2, 0) is 14.8 Å². The van der Waals surface area contributed by atoms with Crippen LogP contribution in [-0.4, -0.2) is 50.7 Å². The summed E-state index contributed by atoms with van der Waals surface area (Å²) in [7, 11) is -2.44. The van der Waals surface area contributed by atoms with Crippen molar-refractivity contribution in [2.24, 2.45) is 5.92 Å². The number of amides is 2. The molecule has 1 aromatic heterocycles. The average Bonchev–Trinajstić information content (AvgIpc) is 3.27. The smallest absolute Gasteiger partial charge is 0.262 e. The molecule has 2 aromatic carbocycles. The minimum absolute atomic E-state index is 0.155. The lowest BCUT2D eigenvalue weighted by Crippen LogP contribution is -2.47. The lowest BCUT2D eigenvalue weighted by molar-refractivity contribution is -0.123. The van der Waals surface area contributed by atoms with Crippen molar-refractivity contribution in [3.8, 4) is 0 Å². The summed E-state index contributed by atoms with van der Waals surface area (Å²) in [6.45, 7) is 4.49. The Morgan fingerprint density at radius 3 is 2.51 bits per heavy atom. The topological polar surface area (TPSA) is 95.6 Å².